The molecule has 3 nitrogen and oxygen atoms in total. The highest BCUT2D eigenvalue weighted by molar-refractivity contribution is 7.09. The first-order valence-electron chi connectivity index (χ1n) is 6.85. The van der Waals surface area contributed by atoms with Crippen LogP contribution in [0.3, 0.4) is 0 Å². The van der Waals surface area contributed by atoms with Gasteiger partial charge in [-0.2, -0.15) is 0 Å². The molecule has 0 aliphatic heterocycles. The van der Waals surface area contributed by atoms with E-state index in [4.69, 9.17) is 11.6 Å². The van der Waals surface area contributed by atoms with Crippen molar-refractivity contribution in [1.29, 1.82) is 0 Å². The van der Waals surface area contributed by atoms with Gasteiger partial charge >= 0.3 is 0 Å². The van der Waals surface area contributed by atoms with E-state index in [1.165, 1.54) is 0 Å². The molecule has 2 aromatic heterocycles. The maximum Gasteiger partial charge on any atom is 0.114 e. The van der Waals surface area contributed by atoms with Gasteiger partial charge in [-0.1, -0.05) is 17.7 Å². The van der Waals surface area contributed by atoms with Gasteiger partial charge in [-0.05, 0) is 32.0 Å². The predicted octanol–water partition coefficient (Wildman–Crippen LogP) is 4.43. The largest absolute Gasteiger partial charge is 0.302 e. The van der Waals surface area contributed by atoms with Gasteiger partial charge in [-0.3, -0.25) is 4.98 Å². The number of halogens is 1. The lowest BCUT2D eigenvalue weighted by molar-refractivity contribution is 0.529. The number of pyridine rings is 1. The fourth-order valence-electron chi connectivity index (χ4n) is 2.40. The van der Waals surface area contributed by atoms with Gasteiger partial charge in [-0.25, -0.2) is 4.98 Å². The van der Waals surface area contributed by atoms with Crippen molar-refractivity contribution in [2.75, 3.05) is 0 Å². The molecule has 0 amide bonds. The van der Waals surface area contributed by atoms with Gasteiger partial charge in [0.1, 0.15) is 5.01 Å². The van der Waals surface area contributed by atoms with Gasteiger partial charge in [0.05, 0.1) is 11.6 Å². The molecule has 2 heterocycles. The first-order chi connectivity index (χ1) is 10.2. The van der Waals surface area contributed by atoms with E-state index in [0.29, 0.717) is 6.04 Å². The molecular weight excluding hydrogens is 302 g/mol. The molecule has 1 N–H and O–H groups in total. The van der Waals surface area contributed by atoms with Crippen molar-refractivity contribution in [3.05, 3.63) is 57.6 Å². The highest BCUT2D eigenvalue weighted by atomic mass is 35.5. The Hall–Kier alpha value is -1.49. The Bertz CT molecular complexity index is 740. The fraction of sp³-hybridized carbons (Fsp3) is 0.250. The summed E-state index contributed by atoms with van der Waals surface area (Å²) in [6, 6.07) is 8.25. The summed E-state index contributed by atoms with van der Waals surface area (Å²) in [5.41, 5.74) is 2.04. The lowest BCUT2D eigenvalue weighted by Gasteiger charge is -2.21. The van der Waals surface area contributed by atoms with Crippen molar-refractivity contribution in [2.45, 2.75) is 25.9 Å². The molecule has 0 saturated carbocycles. The van der Waals surface area contributed by atoms with Gasteiger partial charge < -0.3 is 5.32 Å². The summed E-state index contributed by atoms with van der Waals surface area (Å²) in [5, 5.41) is 8.31. The van der Waals surface area contributed by atoms with Gasteiger partial charge in [0, 0.05) is 39.8 Å². The Morgan fingerprint density at radius 2 is 2.00 bits per heavy atom. The van der Waals surface area contributed by atoms with Gasteiger partial charge in [-0.15, -0.1) is 11.3 Å². The van der Waals surface area contributed by atoms with E-state index < -0.39 is 0 Å². The van der Waals surface area contributed by atoms with E-state index in [-0.39, 0.29) is 6.04 Å². The number of rotatable bonds is 4. The average Bonchev–Trinajstić information content (AvgIpc) is 3.00. The van der Waals surface area contributed by atoms with E-state index >= 15 is 0 Å². The molecule has 0 spiro atoms. The quantitative estimate of drug-likeness (QED) is 0.773. The molecule has 3 aromatic rings. The predicted molar refractivity (Wildman–Crippen MR) is 89.0 cm³/mol. The molecule has 0 radical (unpaired) electrons. The average molecular weight is 318 g/mol. The van der Waals surface area contributed by atoms with Crippen LogP contribution >= 0.6 is 22.9 Å². The van der Waals surface area contributed by atoms with Crippen molar-refractivity contribution < 1.29 is 0 Å². The minimum atomic E-state index is 0.0275. The lowest BCUT2D eigenvalue weighted by atomic mass is 10.0. The van der Waals surface area contributed by atoms with Gasteiger partial charge in [0.15, 0.2) is 0 Å². The number of thiazole rings is 1. The summed E-state index contributed by atoms with van der Waals surface area (Å²) in [6.45, 7) is 4.26. The first kappa shape index (κ1) is 14.4. The molecule has 1 aromatic carbocycles. The van der Waals surface area contributed by atoms with Crippen LogP contribution in [0, 0.1) is 0 Å². The number of fused-ring (bicyclic) bond motifs is 1. The topological polar surface area (TPSA) is 37.8 Å². The molecule has 1 unspecified atom stereocenters. The van der Waals surface area contributed by atoms with E-state index in [1.54, 1.807) is 17.5 Å². The number of benzene rings is 1. The molecule has 1 atom stereocenters. The molecule has 0 aliphatic rings. The standard InChI is InChI=1S/C16H16ClN3S/c1-10(2)20-15(16-19-8-9-21-16)12-5-6-13(17)11-4-3-7-18-14(11)12/h3-10,15,20H,1-2H3. The van der Waals surface area contributed by atoms with Crippen LogP contribution in [0.1, 0.15) is 30.5 Å². The monoisotopic (exact) mass is 317 g/mol. The minimum absolute atomic E-state index is 0.0275. The maximum absolute atomic E-state index is 6.29. The molecule has 3 rings (SSSR count). The van der Waals surface area contributed by atoms with Crippen molar-refractivity contribution >= 4 is 33.8 Å². The Morgan fingerprint density at radius 1 is 1.14 bits per heavy atom. The smallest absolute Gasteiger partial charge is 0.114 e. The zero-order valence-electron chi connectivity index (χ0n) is 11.9. The molecular formula is C16H16ClN3S. The zero-order valence-corrected chi connectivity index (χ0v) is 13.4. The van der Waals surface area contributed by atoms with Crippen LogP contribution in [-0.2, 0) is 0 Å². The fourth-order valence-corrected chi connectivity index (χ4v) is 3.33. The summed E-state index contributed by atoms with van der Waals surface area (Å²) in [5.74, 6) is 0. The third-order valence-corrected chi connectivity index (χ3v) is 4.43. The second-order valence-electron chi connectivity index (χ2n) is 5.16. The van der Waals surface area contributed by atoms with E-state index in [2.05, 4.69) is 29.1 Å². The van der Waals surface area contributed by atoms with Crippen molar-refractivity contribution in [3.63, 3.8) is 0 Å². The number of nitrogens with one attached hydrogen (secondary N) is 1. The Morgan fingerprint density at radius 3 is 2.71 bits per heavy atom. The van der Waals surface area contributed by atoms with E-state index in [1.807, 2.05) is 35.8 Å². The summed E-state index contributed by atoms with van der Waals surface area (Å²) < 4.78 is 0. The van der Waals surface area contributed by atoms with Crippen LogP contribution in [0.15, 0.2) is 42.0 Å². The molecule has 21 heavy (non-hydrogen) atoms. The molecule has 0 bridgehead atoms. The van der Waals surface area contributed by atoms with Gasteiger partial charge in [0.2, 0.25) is 0 Å². The third kappa shape index (κ3) is 2.93. The van der Waals surface area contributed by atoms with Crippen molar-refractivity contribution in [1.82, 2.24) is 15.3 Å². The molecule has 5 heteroatoms. The summed E-state index contributed by atoms with van der Waals surface area (Å²) in [4.78, 5) is 9.00. The molecule has 0 aliphatic carbocycles. The number of aromatic nitrogens is 2. The van der Waals surface area contributed by atoms with Crippen LogP contribution < -0.4 is 5.32 Å². The molecule has 108 valence electrons. The molecule has 0 fully saturated rings. The normalized spacial score (nSPS) is 13.0. The Labute approximate surface area is 133 Å². The second kappa shape index (κ2) is 6.10. The number of hydrogen-bond donors (Lipinski definition) is 1. The second-order valence-corrected chi connectivity index (χ2v) is 6.49. The van der Waals surface area contributed by atoms with Crippen LogP contribution in [-0.4, -0.2) is 16.0 Å². The zero-order chi connectivity index (χ0) is 14.8. The van der Waals surface area contributed by atoms with Crippen LogP contribution in [0.2, 0.25) is 5.02 Å². The summed E-state index contributed by atoms with van der Waals surface area (Å²) in [7, 11) is 0. The minimum Gasteiger partial charge on any atom is -0.302 e. The van der Waals surface area contributed by atoms with E-state index in [0.717, 1.165) is 26.5 Å². The van der Waals surface area contributed by atoms with Crippen molar-refractivity contribution in [3.8, 4) is 0 Å². The highest BCUT2D eigenvalue weighted by Gasteiger charge is 2.21. The summed E-state index contributed by atoms with van der Waals surface area (Å²) >= 11 is 7.94. The molecule has 0 saturated heterocycles. The number of hydrogen-bond acceptors (Lipinski definition) is 4. The Balaban J connectivity index is 2.18. The number of nitrogens with zero attached hydrogens (tertiary/aromatic N) is 2. The highest BCUT2D eigenvalue weighted by Crippen LogP contribution is 2.32. The van der Waals surface area contributed by atoms with Crippen LogP contribution in [0.25, 0.3) is 10.9 Å². The first-order valence-corrected chi connectivity index (χ1v) is 8.11. The Kier molecular flexibility index (Phi) is 4.19. The van der Waals surface area contributed by atoms with Crippen molar-refractivity contribution in [2.24, 2.45) is 0 Å². The summed E-state index contributed by atoms with van der Waals surface area (Å²) in [6.07, 6.45) is 3.64. The van der Waals surface area contributed by atoms with Crippen LogP contribution in [0.5, 0.6) is 0 Å². The maximum atomic E-state index is 6.29. The van der Waals surface area contributed by atoms with Gasteiger partial charge in [0.25, 0.3) is 0 Å². The third-order valence-electron chi connectivity index (χ3n) is 3.26. The lowest BCUT2D eigenvalue weighted by Crippen LogP contribution is -2.29. The SMILES string of the molecule is CC(C)NC(c1nccs1)c1ccc(Cl)c2cccnc12. The van der Waals surface area contributed by atoms with Crippen LogP contribution in [0.4, 0.5) is 0 Å². The van der Waals surface area contributed by atoms with E-state index in [9.17, 15) is 0 Å².